The predicted molar refractivity (Wildman–Crippen MR) is 113 cm³/mol. The van der Waals surface area contributed by atoms with E-state index in [1.54, 1.807) is 28.9 Å². The van der Waals surface area contributed by atoms with Crippen LogP contribution in [0.4, 0.5) is 19.0 Å². The van der Waals surface area contributed by atoms with Gasteiger partial charge < -0.3 is 10.4 Å². The number of hydrogen-bond acceptors (Lipinski definition) is 5. The van der Waals surface area contributed by atoms with Gasteiger partial charge in [-0.3, -0.25) is 4.40 Å². The SMILES string of the molecule is OCc1cc2ncc(-c3cccc(N[C@H]4CCC[C@@H]4F)n3)n2cc1-c1cnn(C(F)F)c1. The summed E-state index contributed by atoms with van der Waals surface area (Å²) in [5.74, 6) is 0.581. The summed E-state index contributed by atoms with van der Waals surface area (Å²) in [7, 11) is 0. The van der Waals surface area contributed by atoms with Gasteiger partial charge in [-0.05, 0) is 43.0 Å². The first-order valence-corrected chi connectivity index (χ1v) is 10.3. The summed E-state index contributed by atoms with van der Waals surface area (Å²) in [6.45, 7) is -3.03. The zero-order valence-corrected chi connectivity index (χ0v) is 17.0. The van der Waals surface area contributed by atoms with E-state index in [-0.39, 0.29) is 12.6 Å². The van der Waals surface area contributed by atoms with Crippen LogP contribution in [0.3, 0.4) is 0 Å². The molecule has 0 unspecified atom stereocenters. The van der Waals surface area contributed by atoms with E-state index in [2.05, 4.69) is 20.4 Å². The third-order valence-electron chi connectivity index (χ3n) is 5.79. The van der Waals surface area contributed by atoms with Gasteiger partial charge in [0.25, 0.3) is 0 Å². The van der Waals surface area contributed by atoms with E-state index in [9.17, 15) is 18.3 Å². The maximum atomic E-state index is 14.0. The van der Waals surface area contributed by atoms with Gasteiger partial charge in [0, 0.05) is 23.5 Å². The van der Waals surface area contributed by atoms with E-state index < -0.39 is 12.7 Å². The van der Waals surface area contributed by atoms with E-state index in [0.717, 1.165) is 12.8 Å². The van der Waals surface area contributed by atoms with Gasteiger partial charge in [-0.25, -0.2) is 19.0 Å². The van der Waals surface area contributed by atoms with Gasteiger partial charge in [0.05, 0.1) is 36.4 Å². The topological polar surface area (TPSA) is 80.3 Å². The lowest BCUT2D eigenvalue weighted by Gasteiger charge is -2.16. The Morgan fingerprint density at radius 1 is 1.19 bits per heavy atom. The molecule has 1 saturated carbocycles. The van der Waals surface area contributed by atoms with E-state index in [4.69, 9.17) is 0 Å². The number of anilines is 1. The van der Waals surface area contributed by atoms with Gasteiger partial charge in [-0.2, -0.15) is 13.9 Å². The average molecular weight is 442 g/mol. The number of imidazole rings is 1. The van der Waals surface area contributed by atoms with Crippen LogP contribution in [0.5, 0.6) is 0 Å². The fourth-order valence-corrected chi connectivity index (χ4v) is 4.15. The Hall–Kier alpha value is -3.40. The normalized spacial score (nSPS) is 18.7. The number of halogens is 3. The summed E-state index contributed by atoms with van der Waals surface area (Å²) >= 11 is 0. The highest BCUT2D eigenvalue weighted by Gasteiger charge is 2.27. The predicted octanol–water partition coefficient (Wildman–Crippen LogP) is 4.45. The molecule has 10 heteroatoms. The summed E-state index contributed by atoms with van der Waals surface area (Å²) in [5, 5.41) is 16.7. The number of alkyl halides is 3. The van der Waals surface area contributed by atoms with Crippen LogP contribution in [0.15, 0.2) is 49.1 Å². The molecule has 2 N–H and O–H groups in total. The molecule has 0 aliphatic heterocycles. The standard InChI is InChI=1S/C22H21F3N6O/c23-16-3-1-4-17(16)28-20-6-2-5-18(29-20)19-9-26-21-7-13(12-32)15(11-30(19)21)14-8-27-31(10-14)22(24)25/h2,5-11,16-17,22,32H,1,3-4,12H2,(H,28,29)/t16-,17-/m0/s1. The van der Waals surface area contributed by atoms with Crippen molar-refractivity contribution in [3.8, 4) is 22.5 Å². The fraction of sp³-hybridized carbons (Fsp3) is 0.318. The molecule has 7 nitrogen and oxygen atoms in total. The highest BCUT2D eigenvalue weighted by molar-refractivity contribution is 5.71. The van der Waals surface area contributed by atoms with Gasteiger partial charge in [0.1, 0.15) is 17.6 Å². The molecule has 5 rings (SSSR count). The molecule has 4 aromatic rings. The summed E-state index contributed by atoms with van der Waals surface area (Å²) in [6.07, 6.45) is 7.24. The fourth-order valence-electron chi connectivity index (χ4n) is 4.15. The molecule has 32 heavy (non-hydrogen) atoms. The largest absolute Gasteiger partial charge is 0.392 e. The van der Waals surface area contributed by atoms with Crippen LogP contribution in [0.1, 0.15) is 31.4 Å². The Labute approximate surface area is 181 Å². The second kappa shape index (κ2) is 8.27. The van der Waals surface area contributed by atoms with Crippen LogP contribution in [0.2, 0.25) is 0 Å². The molecule has 1 aliphatic carbocycles. The van der Waals surface area contributed by atoms with Crippen LogP contribution < -0.4 is 5.32 Å². The molecule has 1 aliphatic rings. The summed E-state index contributed by atoms with van der Waals surface area (Å²) in [4.78, 5) is 9.04. The Kier molecular flexibility index (Phi) is 5.30. The number of nitrogens with zero attached hydrogens (tertiary/aromatic N) is 5. The molecule has 0 spiro atoms. The van der Waals surface area contributed by atoms with Crippen molar-refractivity contribution in [2.24, 2.45) is 0 Å². The van der Waals surface area contributed by atoms with Crippen LogP contribution in [0, 0.1) is 0 Å². The average Bonchev–Trinajstić information content (AvgIpc) is 3.53. The van der Waals surface area contributed by atoms with Crippen molar-refractivity contribution in [1.29, 1.82) is 0 Å². The first kappa shape index (κ1) is 20.5. The highest BCUT2D eigenvalue weighted by atomic mass is 19.3. The van der Waals surface area contributed by atoms with E-state index >= 15 is 0 Å². The molecule has 0 amide bonds. The lowest BCUT2D eigenvalue weighted by molar-refractivity contribution is 0.0566. The van der Waals surface area contributed by atoms with Crippen LogP contribution in [-0.4, -0.2) is 41.5 Å². The van der Waals surface area contributed by atoms with Crippen molar-refractivity contribution in [1.82, 2.24) is 24.1 Å². The first-order valence-electron chi connectivity index (χ1n) is 10.3. The summed E-state index contributed by atoms with van der Waals surface area (Å²) in [5.41, 5.74) is 3.44. The monoisotopic (exact) mass is 442 g/mol. The van der Waals surface area contributed by atoms with Crippen LogP contribution >= 0.6 is 0 Å². The van der Waals surface area contributed by atoms with Gasteiger partial charge in [-0.1, -0.05) is 6.07 Å². The van der Waals surface area contributed by atoms with Crippen molar-refractivity contribution in [3.05, 3.63) is 54.6 Å². The Bertz CT molecular complexity index is 1250. The number of aliphatic hydroxyl groups is 1. The maximum Gasteiger partial charge on any atom is 0.333 e. The molecule has 166 valence electrons. The Balaban J connectivity index is 1.54. The van der Waals surface area contributed by atoms with Crippen molar-refractivity contribution in [2.75, 3.05) is 5.32 Å². The Morgan fingerprint density at radius 3 is 2.78 bits per heavy atom. The first-order chi connectivity index (χ1) is 15.5. The summed E-state index contributed by atoms with van der Waals surface area (Å²) in [6, 6.07) is 6.91. The molecule has 4 aromatic heterocycles. The number of nitrogens with one attached hydrogen (secondary N) is 1. The second-order valence-corrected chi connectivity index (χ2v) is 7.83. The lowest BCUT2D eigenvalue weighted by atomic mass is 10.1. The molecular formula is C22H21F3N6O. The number of hydrogen-bond donors (Lipinski definition) is 2. The number of aliphatic hydroxyl groups excluding tert-OH is 1. The molecular weight excluding hydrogens is 421 g/mol. The van der Waals surface area contributed by atoms with E-state index in [1.165, 1.54) is 12.4 Å². The second-order valence-electron chi connectivity index (χ2n) is 7.83. The highest BCUT2D eigenvalue weighted by Crippen LogP contribution is 2.30. The van der Waals surface area contributed by atoms with Gasteiger partial charge >= 0.3 is 6.55 Å². The van der Waals surface area contributed by atoms with Gasteiger partial charge in [-0.15, -0.1) is 0 Å². The lowest BCUT2D eigenvalue weighted by Crippen LogP contribution is -2.25. The third kappa shape index (κ3) is 3.70. The van der Waals surface area contributed by atoms with Crippen LogP contribution in [-0.2, 0) is 6.61 Å². The molecule has 2 atom stereocenters. The van der Waals surface area contributed by atoms with E-state index in [0.29, 0.717) is 50.6 Å². The van der Waals surface area contributed by atoms with Crippen LogP contribution in [0.25, 0.3) is 28.2 Å². The molecule has 4 heterocycles. The number of aromatic nitrogens is 5. The minimum Gasteiger partial charge on any atom is -0.392 e. The van der Waals surface area contributed by atoms with Crippen molar-refractivity contribution < 1.29 is 18.3 Å². The number of rotatable bonds is 6. The van der Waals surface area contributed by atoms with Crippen molar-refractivity contribution in [3.63, 3.8) is 0 Å². The zero-order chi connectivity index (χ0) is 22.2. The van der Waals surface area contributed by atoms with Crippen molar-refractivity contribution in [2.45, 2.75) is 44.6 Å². The molecule has 1 fully saturated rings. The molecule has 0 saturated heterocycles. The van der Waals surface area contributed by atoms with Gasteiger partial charge in [0.2, 0.25) is 0 Å². The van der Waals surface area contributed by atoms with Gasteiger partial charge in [0.15, 0.2) is 0 Å². The van der Waals surface area contributed by atoms with Crippen molar-refractivity contribution >= 4 is 11.5 Å². The molecule has 0 bridgehead atoms. The quantitative estimate of drug-likeness (QED) is 0.461. The number of pyridine rings is 2. The zero-order valence-electron chi connectivity index (χ0n) is 17.0. The van der Waals surface area contributed by atoms with E-state index in [1.807, 2.05) is 12.1 Å². The molecule has 0 radical (unpaired) electrons. The maximum absolute atomic E-state index is 14.0. The minimum absolute atomic E-state index is 0.245. The molecule has 0 aromatic carbocycles. The minimum atomic E-state index is -2.75. The third-order valence-corrected chi connectivity index (χ3v) is 5.79. The Morgan fingerprint density at radius 2 is 2.06 bits per heavy atom. The summed E-state index contributed by atoms with van der Waals surface area (Å²) < 4.78 is 42.3. The smallest absolute Gasteiger partial charge is 0.333 e. The number of fused-ring (bicyclic) bond motifs is 1.